The highest BCUT2D eigenvalue weighted by Crippen LogP contribution is 2.41. The Balaban J connectivity index is 2.51. The Hall–Kier alpha value is -0.710. The van der Waals surface area contributed by atoms with Crippen molar-refractivity contribution in [3.63, 3.8) is 0 Å². The molecule has 2 aromatic carbocycles. The van der Waals surface area contributed by atoms with Gasteiger partial charge in [0.25, 0.3) is 0 Å². The van der Waals surface area contributed by atoms with E-state index >= 15 is 0 Å². The zero-order valence-electron chi connectivity index (χ0n) is 11.0. The molecule has 0 radical (unpaired) electrons. The summed E-state index contributed by atoms with van der Waals surface area (Å²) in [6.07, 6.45) is 0. The third kappa shape index (κ3) is 3.30. The number of benzene rings is 2. The van der Waals surface area contributed by atoms with Gasteiger partial charge < -0.3 is 9.47 Å². The van der Waals surface area contributed by atoms with E-state index in [0.29, 0.717) is 5.02 Å². The van der Waals surface area contributed by atoms with Crippen LogP contribution in [0.5, 0.6) is 11.5 Å². The van der Waals surface area contributed by atoms with Crippen LogP contribution in [-0.4, -0.2) is 14.2 Å². The second-order valence-corrected chi connectivity index (χ2v) is 6.34. The maximum absolute atomic E-state index is 6.08. The van der Waals surface area contributed by atoms with Crippen LogP contribution >= 0.6 is 43.5 Å². The number of hydrogen-bond donors (Lipinski definition) is 0. The molecule has 0 bridgehead atoms. The summed E-state index contributed by atoms with van der Waals surface area (Å²) in [5.74, 6) is 1.57. The Kier molecular flexibility index (Phi) is 5.35. The lowest BCUT2D eigenvalue weighted by Gasteiger charge is -2.17. The van der Waals surface area contributed by atoms with Crippen LogP contribution in [0.3, 0.4) is 0 Å². The zero-order valence-corrected chi connectivity index (χ0v) is 14.9. The van der Waals surface area contributed by atoms with Gasteiger partial charge in [-0.1, -0.05) is 43.5 Å². The molecule has 0 N–H and O–H groups in total. The highest BCUT2D eigenvalue weighted by molar-refractivity contribution is 9.11. The molecule has 2 rings (SSSR count). The van der Waals surface area contributed by atoms with Gasteiger partial charge >= 0.3 is 0 Å². The zero-order chi connectivity index (χ0) is 14.7. The molecule has 0 fully saturated rings. The molecule has 5 heteroatoms. The lowest BCUT2D eigenvalue weighted by Crippen LogP contribution is -1.99. The third-order valence-electron chi connectivity index (χ3n) is 2.94. The van der Waals surface area contributed by atoms with E-state index in [1.165, 1.54) is 0 Å². The Bertz CT molecular complexity index is 617. The molecule has 0 amide bonds. The molecule has 0 aromatic heterocycles. The molecule has 0 aliphatic rings. The summed E-state index contributed by atoms with van der Waals surface area (Å²) in [5.41, 5.74) is 2.01. The average Bonchev–Trinajstić information content (AvgIpc) is 2.48. The Labute approximate surface area is 140 Å². The molecule has 0 heterocycles. The molecule has 1 atom stereocenters. The van der Waals surface area contributed by atoms with Crippen molar-refractivity contribution in [2.45, 2.75) is 4.83 Å². The summed E-state index contributed by atoms with van der Waals surface area (Å²) >= 11 is 13.3. The van der Waals surface area contributed by atoms with E-state index < -0.39 is 0 Å². The Morgan fingerprint density at radius 3 is 2.40 bits per heavy atom. The smallest absolute Gasteiger partial charge is 0.123 e. The number of rotatable bonds is 4. The summed E-state index contributed by atoms with van der Waals surface area (Å²) < 4.78 is 11.7. The van der Waals surface area contributed by atoms with Crippen LogP contribution in [-0.2, 0) is 0 Å². The van der Waals surface area contributed by atoms with Gasteiger partial charge in [0, 0.05) is 15.1 Å². The molecule has 2 nitrogen and oxygen atoms in total. The van der Waals surface area contributed by atoms with Gasteiger partial charge in [-0.25, -0.2) is 0 Å². The quantitative estimate of drug-likeness (QED) is 0.599. The molecule has 0 spiro atoms. The van der Waals surface area contributed by atoms with E-state index in [1.807, 2.05) is 36.4 Å². The Morgan fingerprint density at radius 2 is 1.75 bits per heavy atom. The van der Waals surface area contributed by atoms with E-state index in [9.17, 15) is 0 Å². The van der Waals surface area contributed by atoms with Gasteiger partial charge in [-0.05, 0) is 42.0 Å². The van der Waals surface area contributed by atoms with Crippen LogP contribution in [0.2, 0.25) is 5.02 Å². The molecular weight excluding hydrogens is 407 g/mol. The summed E-state index contributed by atoms with van der Waals surface area (Å²) in [4.78, 5) is -0.0550. The lowest BCUT2D eigenvalue weighted by molar-refractivity contribution is 0.399. The molecule has 0 aliphatic heterocycles. The van der Waals surface area contributed by atoms with E-state index in [4.69, 9.17) is 21.1 Å². The largest absolute Gasteiger partial charge is 0.497 e. The molecule has 0 aliphatic carbocycles. The second kappa shape index (κ2) is 6.83. The first-order chi connectivity index (χ1) is 9.56. The van der Waals surface area contributed by atoms with Crippen molar-refractivity contribution < 1.29 is 9.47 Å². The van der Waals surface area contributed by atoms with Crippen molar-refractivity contribution in [3.05, 3.63) is 57.0 Å². The molecule has 2 aromatic rings. The first kappa shape index (κ1) is 15.7. The number of ether oxygens (including phenoxy) is 2. The highest BCUT2D eigenvalue weighted by atomic mass is 79.9. The first-order valence-electron chi connectivity index (χ1n) is 5.87. The second-order valence-electron chi connectivity index (χ2n) is 4.14. The predicted octanol–water partition coefficient (Wildman–Crippen LogP) is 5.60. The fourth-order valence-electron chi connectivity index (χ4n) is 1.91. The maximum atomic E-state index is 6.08. The van der Waals surface area contributed by atoms with E-state index in [1.54, 1.807) is 14.2 Å². The van der Waals surface area contributed by atoms with E-state index in [2.05, 4.69) is 31.9 Å². The van der Waals surface area contributed by atoms with Gasteiger partial charge in [-0.3, -0.25) is 0 Å². The van der Waals surface area contributed by atoms with Crippen molar-refractivity contribution in [1.29, 1.82) is 0 Å². The van der Waals surface area contributed by atoms with Crippen LogP contribution in [0.4, 0.5) is 0 Å². The van der Waals surface area contributed by atoms with Crippen LogP contribution in [0.1, 0.15) is 16.0 Å². The minimum atomic E-state index is -0.0550. The fraction of sp³-hybridized carbons (Fsp3) is 0.200. The van der Waals surface area contributed by atoms with E-state index in [0.717, 1.165) is 27.1 Å². The standard InChI is InChI=1S/C15H13Br2ClO2/c1-19-10-4-6-14(20-2)12(8-10)15(17)11-7-9(18)3-5-13(11)16/h3-8,15H,1-2H3. The van der Waals surface area contributed by atoms with Crippen molar-refractivity contribution in [1.82, 2.24) is 0 Å². The number of halogens is 3. The van der Waals surface area contributed by atoms with E-state index in [-0.39, 0.29) is 4.83 Å². The predicted molar refractivity (Wildman–Crippen MR) is 89.5 cm³/mol. The minimum Gasteiger partial charge on any atom is -0.497 e. The average molecular weight is 421 g/mol. The molecule has 20 heavy (non-hydrogen) atoms. The summed E-state index contributed by atoms with van der Waals surface area (Å²) in [6.45, 7) is 0. The van der Waals surface area contributed by atoms with Gasteiger partial charge in [0.1, 0.15) is 11.5 Å². The van der Waals surface area contributed by atoms with Crippen molar-refractivity contribution >= 4 is 43.5 Å². The molecule has 1 unspecified atom stereocenters. The molecule has 106 valence electrons. The maximum Gasteiger partial charge on any atom is 0.123 e. The topological polar surface area (TPSA) is 18.5 Å². The Morgan fingerprint density at radius 1 is 1.00 bits per heavy atom. The fourth-order valence-corrected chi connectivity index (χ4v) is 3.61. The number of hydrogen-bond acceptors (Lipinski definition) is 2. The highest BCUT2D eigenvalue weighted by Gasteiger charge is 2.19. The van der Waals surface area contributed by atoms with Crippen molar-refractivity contribution in [2.75, 3.05) is 14.2 Å². The monoisotopic (exact) mass is 418 g/mol. The van der Waals surface area contributed by atoms with Crippen LogP contribution in [0.25, 0.3) is 0 Å². The summed E-state index contributed by atoms with van der Waals surface area (Å²) in [6, 6.07) is 11.4. The van der Waals surface area contributed by atoms with Gasteiger partial charge in [-0.15, -0.1) is 0 Å². The third-order valence-corrected chi connectivity index (χ3v) is 4.88. The molecule has 0 saturated heterocycles. The van der Waals surface area contributed by atoms with Crippen molar-refractivity contribution in [3.8, 4) is 11.5 Å². The normalized spacial score (nSPS) is 12.1. The van der Waals surface area contributed by atoms with Crippen LogP contribution in [0.15, 0.2) is 40.9 Å². The lowest BCUT2D eigenvalue weighted by atomic mass is 10.0. The van der Waals surface area contributed by atoms with Gasteiger partial charge in [0.15, 0.2) is 0 Å². The minimum absolute atomic E-state index is 0.0550. The van der Waals surface area contributed by atoms with Gasteiger partial charge in [0.05, 0.1) is 19.0 Å². The van der Waals surface area contributed by atoms with Crippen LogP contribution in [0, 0.1) is 0 Å². The molecule has 0 saturated carbocycles. The molecular formula is C15H13Br2ClO2. The van der Waals surface area contributed by atoms with Gasteiger partial charge in [0.2, 0.25) is 0 Å². The number of methoxy groups -OCH3 is 2. The van der Waals surface area contributed by atoms with Crippen molar-refractivity contribution in [2.24, 2.45) is 0 Å². The first-order valence-corrected chi connectivity index (χ1v) is 7.96. The van der Waals surface area contributed by atoms with Crippen LogP contribution < -0.4 is 9.47 Å². The van der Waals surface area contributed by atoms with Gasteiger partial charge in [-0.2, -0.15) is 0 Å². The SMILES string of the molecule is COc1ccc(OC)c(C(Br)c2cc(Cl)ccc2Br)c1. The number of alkyl halides is 1. The summed E-state index contributed by atoms with van der Waals surface area (Å²) in [5, 5.41) is 0.689. The summed E-state index contributed by atoms with van der Waals surface area (Å²) in [7, 11) is 3.29.